The summed E-state index contributed by atoms with van der Waals surface area (Å²) in [5.41, 5.74) is 0.814. The van der Waals surface area contributed by atoms with Crippen LogP contribution in [0.25, 0.3) is 0 Å². The molecule has 0 aliphatic rings. The number of aromatic nitrogens is 3. The Morgan fingerprint density at radius 1 is 1.19 bits per heavy atom. The van der Waals surface area contributed by atoms with Crippen LogP contribution in [0.4, 0.5) is 0 Å². The van der Waals surface area contributed by atoms with E-state index in [1.807, 2.05) is 6.07 Å². The summed E-state index contributed by atoms with van der Waals surface area (Å²) >= 11 is 0. The zero-order valence-electron chi connectivity index (χ0n) is 14.2. The van der Waals surface area contributed by atoms with E-state index in [1.54, 1.807) is 31.5 Å². The van der Waals surface area contributed by atoms with Crippen LogP contribution < -0.4 is 9.47 Å². The molecule has 9 nitrogen and oxygen atoms in total. The molecule has 0 saturated heterocycles. The number of hydrogen-bond donors (Lipinski definition) is 0. The largest absolute Gasteiger partial charge is 0.493 e. The molecule has 1 aromatic carbocycles. The lowest BCUT2D eigenvalue weighted by atomic mass is 10.2. The molecule has 2 heterocycles. The summed E-state index contributed by atoms with van der Waals surface area (Å²) in [4.78, 5) is 11.4. The third-order valence-corrected chi connectivity index (χ3v) is 3.35. The van der Waals surface area contributed by atoms with Crippen LogP contribution in [0.1, 0.15) is 21.9 Å². The second-order valence-corrected chi connectivity index (χ2v) is 5.04. The molecular weight excluding hydrogens is 340 g/mol. The average molecular weight is 356 g/mol. The monoisotopic (exact) mass is 356 g/mol. The van der Waals surface area contributed by atoms with Crippen molar-refractivity contribution in [1.29, 1.82) is 0 Å². The van der Waals surface area contributed by atoms with Gasteiger partial charge in [-0.2, -0.15) is 5.10 Å². The van der Waals surface area contributed by atoms with Gasteiger partial charge in [-0.3, -0.25) is 0 Å². The second kappa shape index (κ2) is 7.97. The highest BCUT2D eigenvalue weighted by Gasteiger charge is 2.12. The summed E-state index contributed by atoms with van der Waals surface area (Å²) < 4.78 is 22.5. The molecule has 134 valence electrons. The van der Waals surface area contributed by atoms with Gasteiger partial charge in [0.1, 0.15) is 25.0 Å². The van der Waals surface area contributed by atoms with Gasteiger partial charge in [0.05, 0.1) is 20.4 Å². The number of carbonyl (C=O) groups is 1. The van der Waals surface area contributed by atoms with E-state index in [2.05, 4.69) is 20.0 Å². The SMILES string of the molecule is COC(=O)c1ccc(COc2ccc(/C=N\n3cnnc3)cc2OC)o1. The van der Waals surface area contributed by atoms with Crippen LogP contribution in [0.3, 0.4) is 0 Å². The minimum Gasteiger partial charge on any atom is -0.493 e. The number of benzene rings is 1. The van der Waals surface area contributed by atoms with Crippen LogP contribution in [0.5, 0.6) is 11.5 Å². The summed E-state index contributed by atoms with van der Waals surface area (Å²) in [5.74, 6) is 1.15. The molecule has 2 aromatic heterocycles. The fraction of sp³-hybridized carbons (Fsp3) is 0.176. The molecule has 3 aromatic rings. The number of rotatable bonds is 7. The number of ether oxygens (including phenoxy) is 3. The van der Waals surface area contributed by atoms with Gasteiger partial charge in [-0.25, -0.2) is 9.47 Å². The van der Waals surface area contributed by atoms with Crippen molar-refractivity contribution in [3.05, 3.63) is 60.1 Å². The zero-order valence-corrected chi connectivity index (χ0v) is 14.2. The van der Waals surface area contributed by atoms with Crippen molar-refractivity contribution in [3.8, 4) is 11.5 Å². The number of esters is 1. The molecule has 0 radical (unpaired) electrons. The van der Waals surface area contributed by atoms with Gasteiger partial charge >= 0.3 is 5.97 Å². The summed E-state index contributed by atoms with van der Waals surface area (Å²) in [6.45, 7) is 0.140. The maximum Gasteiger partial charge on any atom is 0.373 e. The molecule has 0 aliphatic heterocycles. The Kier molecular flexibility index (Phi) is 5.28. The molecule has 26 heavy (non-hydrogen) atoms. The van der Waals surface area contributed by atoms with Crippen LogP contribution in [0, 0.1) is 0 Å². The third-order valence-electron chi connectivity index (χ3n) is 3.35. The molecule has 9 heteroatoms. The van der Waals surface area contributed by atoms with Gasteiger partial charge in [-0.15, -0.1) is 10.2 Å². The van der Waals surface area contributed by atoms with E-state index in [0.717, 1.165) is 5.56 Å². The van der Waals surface area contributed by atoms with Gasteiger partial charge in [-0.1, -0.05) is 0 Å². The maximum absolute atomic E-state index is 11.4. The van der Waals surface area contributed by atoms with Crippen molar-refractivity contribution < 1.29 is 23.4 Å². The standard InChI is InChI=1S/C17H16N4O5/c1-23-16-7-12(8-20-21-10-18-19-11-21)3-5-14(16)25-9-13-4-6-15(26-13)17(22)24-2/h3-8,10-11H,9H2,1-2H3/b20-8-. The minimum absolute atomic E-state index is 0.124. The lowest BCUT2D eigenvalue weighted by molar-refractivity contribution is 0.0561. The smallest absolute Gasteiger partial charge is 0.373 e. The number of carbonyl (C=O) groups excluding carboxylic acids is 1. The Hall–Kier alpha value is -3.62. The normalized spacial score (nSPS) is 10.8. The minimum atomic E-state index is -0.537. The Morgan fingerprint density at radius 2 is 2.00 bits per heavy atom. The van der Waals surface area contributed by atoms with Crippen molar-refractivity contribution >= 4 is 12.2 Å². The van der Waals surface area contributed by atoms with E-state index in [9.17, 15) is 4.79 Å². The molecule has 0 saturated carbocycles. The first-order chi connectivity index (χ1) is 12.7. The second-order valence-electron chi connectivity index (χ2n) is 5.04. The molecule has 0 aliphatic carbocycles. The summed E-state index contributed by atoms with van der Waals surface area (Å²) in [7, 11) is 2.84. The number of methoxy groups -OCH3 is 2. The molecule has 0 amide bonds. The molecule has 3 rings (SSSR count). The van der Waals surface area contributed by atoms with Crippen LogP contribution in [0.2, 0.25) is 0 Å². The molecular formula is C17H16N4O5. The molecule has 0 spiro atoms. The van der Waals surface area contributed by atoms with E-state index in [-0.39, 0.29) is 12.4 Å². The van der Waals surface area contributed by atoms with Gasteiger partial charge in [0, 0.05) is 0 Å². The summed E-state index contributed by atoms with van der Waals surface area (Å²) in [5, 5.41) is 11.5. The highest BCUT2D eigenvalue weighted by Crippen LogP contribution is 2.28. The molecule has 0 unspecified atom stereocenters. The first-order valence-corrected chi connectivity index (χ1v) is 7.56. The Bertz CT molecular complexity index is 902. The molecule has 0 fully saturated rings. The third kappa shape index (κ3) is 4.07. The average Bonchev–Trinajstić information content (AvgIpc) is 3.36. The van der Waals surface area contributed by atoms with Gasteiger partial charge in [0.15, 0.2) is 11.5 Å². The van der Waals surface area contributed by atoms with Crippen molar-refractivity contribution in [2.45, 2.75) is 6.61 Å². The summed E-state index contributed by atoms with van der Waals surface area (Å²) in [6, 6.07) is 8.56. The topological polar surface area (TPSA) is 101 Å². The fourth-order valence-corrected chi connectivity index (χ4v) is 2.09. The van der Waals surface area contributed by atoms with Crippen LogP contribution in [-0.2, 0) is 11.3 Å². The number of nitrogens with zero attached hydrogens (tertiary/aromatic N) is 4. The van der Waals surface area contributed by atoms with Gasteiger partial charge in [-0.05, 0) is 35.9 Å². The molecule has 0 bridgehead atoms. The molecule has 0 atom stereocenters. The van der Waals surface area contributed by atoms with Crippen molar-refractivity contribution in [3.63, 3.8) is 0 Å². The Balaban J connectivity index is 1.68. The maximum atomic E-state index is 11.4. The highest BCUT2D eigenvalue weighted by atomic mass is 16.5. The number of furan rings is 1. The lowest BCUT2D eigenvalue weighted by Crippen LogP contribution is -1.99. The predicted octanol–water partition coefficient (Wildman–Crippen LogP) is 2.13. The predicted molar refractivity (Wildman–Crippen MR) is 90.4 cm³/mol. The van der Waals surface area contributed by atoms with Crippen molar-refractivity contribution in [2.75, 3.05) is 14.2 Å². The van der Waals surface area contributed by atoms with E-state index in [0.29, 0.717) is 17.3 Å². The van der Waals surface area contributed by atoms with E-state index < -0.39 is 5.97 Å². The Labute approximate surface area is 148 Å². The van der Waals surface area contributed by atoms with E-state index >= 15 is 0 Å². The Morgan fingerprint density at radius 3 is 2.73 bits per heavy atom. The van der Waals surface area contributed by atoms with Crippen LogP contribution >= 0.6 is 0 Å². The summed E-state index contributed by atoms with van der Waals surface area (Å²) in [6.07, 6.45) is 4.61. The fourth-order valence-electron chi connectivity index (χ4n) is 2.09. The quantitative estimate of drug-likeness (QED) is 0.472. The highest BCUT2D eigenvalue weighted by molar-refractivity contribution is 5.86. The lowest BCUT2D eigenvalue weighted by Gasteiger charge is -2.10. The van der Waals surface area contributed by atoms with E-state index in [1.165, 1.54) is 30.5 Å². The first kappa shape index (κ1) is 17.2. The first-order valence-electron chi connectivity index (χ1n) is 7.56. The van der Waals surface area contributed by atoms with Gasteiger partial charge in [0.2, 0.25) is 5.76 Å². The molecule has 0 N–H and O–H groups in total. The van der Waals surface area contributed by atoms with Crippen molar-refractivity contribution in [2.24, 2.45) is 5.10 Å². The van der Waals surface area contributed by atoms with Gasteiger partial charge < -0.3 is 18.6 Å². The van der Waals surface area contributed by atoms with E-state index in [4.69, 9.17) is 13.9 Å². The van der Waals surface area contributed by atoms with Gasteiger partial charge in [0.25, 0.3) is 0 Å². The number of hydrogen-bond acceptors (Lipinski definition) is 8. The van der Waals surface area contributed by atoms with Crippen LogP contribution in [0.15, 0.2) is 52.5 Å². The van der Waals surface area contributed by atoms with Crippen molar-refractivity contribution in [1.82, 2.24) is 14.9 Å². The zero-order chi connectivity index (χ0) is 18.4. The van der Waals surface area contributed by atoms with Crippen LogP contribution in [-0.4, -0.2) is 41.3 Å².